The molecule has 0 saturated heterocycles. The van der Waals surface area contributed by atoms with E-state index < -0.39 is 0 Å². The summed E-state index contributed by atoms with van der Waals surface area (Å²) in [7, 11) is 0. The SMILES string of the molecule is NNC(=O)CCCn1nc2ccccn2c1=O. The second-order valence-electron chi connectivity index (χ2n) is 3.61. The molecule has 0 bridgehead atoms. The molecule has 90 valence electrons. The molecule has 0 unspecified atom stereocenters. The minimum Gasteiger partial charge on any atom is -0.294 e. The average Bonchev–Trinajstić information content (AvgIpc) is 2.67. The Bertz CT molecular complexity index is 586. The van der Waals surface area contributed by atoms with Gasteiger partial charge in [0, 0.05) is 19.2 Å². The molecule has 2 heterocycles. The van der Waals surface area contributed by atoms with Crippen molar-refractivity contribution in [2.45, 2.75) is 19.4 Å². The number of aryl methyl sites for hydroxylation is 1. The van der Waals surface area contributed by atoms with Crippen LogP contribution in [0.15, 0.2) is 29.2 Å². The average molecular weight is 235 g/mol. The lowest BCUT2D eigenvalue weighted by Crippen LogP contribution is -2.30. The van der Waals surface area contributed by atoms with Crippen LogP contribution >= 0.6 is 0 Å². The van der Waals surface area contributed by atoms with Gasteiger partial charge >= 0.3 is 5.69 Å². The minimum absolute atomic E-state index is 0.200. The van der Waals surface area contributed by atoms with Gasteiger partial charge in [0.25, 0.3) is 0 Å². The summed E-state index contributed by atoms with van der Waals surface area (Å²) in [4.78, 5) is 22.7. The van der Waals surface area contributed by atoms with E-state index in [4.69, 9.17) is 5.84 Å². The zero-order valence-electron chi connectivity index (χ0n) is 9.17. The molecule has 7 heteroatoms. The van der Waals surface area contributed by atoms with E-state index in [-0.39, 0.29) is 18.0 Å². The van der Waals surface area contributed by atoms with Crippen LogP contribution in [0, 0.1) is 0 Å². The van der Waals surface area contributed by atoms with Gasteiger partial charge in [-0.25, -0.2) is 15.3 Å². The van der Waals surface area contributed by atoms with Crippen LogP contribution in [0.25, 0.3) is 5.65 Å². The first-order chi connectivity index (χ1) is 8.22. The van der Waals surface area contributed by atoms with Crippen molar-refractivity contribution in [1.29, 1.82) is 0 Å². The normalized spacial score (nSPS) is 10.6. The highest BCUT2D eigenvalue weighted by Gasteiger charge is 2.06. The Morgan fingerprint density at radius 3 is 3.00 bits per heavy atom. The second-order valence-corrected chi connectivity index (χ2v) is 3.61. The Kier molecular flexibility index (Phi) is 3.20. The number of hydrogen-bond donors (Lipinski definition) is 2. The summed E-state index contributed by atoms with van der Waals surface area (Å²) in [5.41, 5.74) is 2.44. The fourth-order valence-corrected chi connectivity index (χ4v) is 1.58. The van der Waals surface area contributed by atoms with E-state index in [1.807, 2.05) is 11.5 Å². The number of amides is 1. The van der Waals surface area contributed by atoms with Gasteiger partial charge in [0.2, 0.25) is 5.91 Å². The zero-order chi connectivity index (χ0) is 12.3. The molecule has 0 atom stereocenters. The van der Waals surface area contributed by atoms with Gasteiger partial charge in [0.15, 0.2) is 5.65 Å². The molecule has 2 aromatic rings. The summed E-state index contributed by atoms with van der Waals surface area (Å²) in [6, 6.07) is 5.33. The van der Waals surface area contributed by atoms with Crippen molar-refractivity contribution in [2.75, 3.05) is 0 Å². The van der Waals surface area contributed by atoms with Crippen LogP contribution in [-0.2, 0) is 11.3 Å². The highest BCUT2D eigenvalue weighted by Crippen LogP contribution is 1.97. The number of hydrogen-bond acceptors (Lipinski definition) is 4. The lowest BCUT2D eigenvalue weighted by molar-refractivity contribution is -0.121. The van der Waals surface area contributed by atoms with Crippen molar-refractivity contribution in [1.82, 2.24) is 19.6 Å². The molecule has 0 aliphatic rings. The van der Waals surface area contributed by atoms with Gasteiger partial charge < -0.3 is 0 Å². The van der Waals surface area contributed by atoms with Crippen LogP contribution in [0.2, 0.25) is 0 Å². The van der Waals surface area contributed by atoms with Gasteiger partial charge in [-0.05, 0) is 18.6 Å². The number of nitrogens with one attached hydrogen (secondary N) is 1. The number of carbonyl (C=O) groups excluding carboxylic acids is 1. The molecular formula is C10H13N5O2. The smallest absolute Gasteiger partial charge is 0.294 e. The number of carbonyl (C=O) groups is 1. The molecule has 1 amide bonds. The van der Waals surface area contributed by atoms with Gasteiger partial charge in [-0.1, -0.05) is 6.07 Å². The number of rotatable bonds is 4. The van der Waals surface area contributed by atoms with E-state index in [9.17, 15) is 9.59 Å². The summed E-state index contributed by atoms with van der Waals surface area (Å²) in [5, 5.41) is 4.14. The topological polar surface area (TPSA) is 94.4 Å². The summed E-state index contributed by atoms with van der Waals surface area (Å²) >= 11 is 0. The maximum Gasteiger partial charge on any atom is 0.350 e. The lowest BCUT2D eigenvalue weighted by Gasteiger charge is -1.98. The predicted molar refractivity (Wildman–Crippen MR) is 61.0 cm³/mol. The van der Waals surface area contributed by atoms with Crippen LogP contribution < -0.4 is 17.0 Å². The fraction of sp³-hybridized carbons (Fsp3) is 0.300. The van der Waals surface area contributed by atoms with E-state index in [0.29, 0.717) is 18.6 Å². The van der Waals surface area contributed by atoms with Gasteiger partial charge in [-0.15, -0.1) is 5.10 Å². The van der Waals surface area contributed by atoms with Crippen LogP contribution in [0.3, 0.4) is 0 Å². The maximum atomic E-state index is 11.8. The lowest BCUT2D eigenvalue weighted by atomic mass is 10.3. The van der Waals surface area contributed by atoms with Crippen molar-refractivity contribution < 1.29 is 4.79 Å². The molecule has 0 aromatic carbocycles. The molecule has 2 rings (SSSR count). The van der Waals surface area contributed by atoms with Crippen molar-refractivity contribution in [3.63, 3.8) is 0 Å². The quantitative estimate of drug-likeness (QED) is 0.415. The highest BCUT2D eigenvalue weighted by atomic mass is 16.2. The molecule has 17 heavy (non-hydrogen) atoms. The first kappa shape index (κ1) is 11.3. The molecule has 0 radical (unpaired) electrons. The maximum absolute atomic E-state index is 11.8. The number of nitrogens with zero attached hydrogens (tertiary/aromatic N) is 3. The van der Waals surface area contributed by atoms with Crippen LogP contribution in [0.4, 0.5) is 0 Å². The van der Waals surface area contributed by atoms with Crippen LogP contribution in [0.1, 0.15) is 12.8 Å². The molecule has 3 N–H and O–H groups in total. The molecule has 7 nitrogen and oxygen atoms in total. The number of hydrazine groups is 1. The Hall–Kier alpha value is -2.15. The molecular weight excluding hydrogens is 222 g/mol. The Labute approximate surface area is 96.8 Å². The number of aromatic nitrogens is 3. The Morgan fingerprint density at radius 2 is 2.29 bits per heavy atom. The highest BCUT2D eigenvalue weighted by molar-refractivity contribution is 5.75. The standard InChI is InChI=1S/C10H13N5O2/c11-12-9(16)5-3-7-15-10(17)14-6-2-1-4-8(14)13-15/h1-2,4,6H,3,5,7,11H2,(H,12,16). The summed E-state index contributed by atoms with van der Waals surface area (Å²) in [6.07, 6.45) is 2.46. The van der Waals surface area contributed by atoms with Gasteiger partial charge in [-0.2, -0.15) is 0 Å². The minimum atomic E-state index is -0.248. The largest absolute Gasteiger partial charge is 0.350 e. The third-order valence-corrected chi connectivity index (χ3v) is 2.42. The first-order valence-electron chi connectivity index (χ1n) is 5.26. The number of nitrogens with two attached hydrogens (primary N) is 1. The summed E-state index contributed by atoms with van der Waals surface area (Å²) in [5.74, 6) is 4.71. The number of pyridine rings is 1. The van der Waals surface area contributed by atoms with Gasteiger partial charge in [-0.3, -0.25) is 14.6 Å². The van der Waals surface area contributed by atoms with Crippen molar-refractivity contribution in [3.8, 4) is 0 Å². The van der Waals surface area contributed by atoms with Crippen LogP contribution in [-0.4, -0.2) is 20.1 Å². The third-order valence-electron chi connectivity index (χ3n) is 2.42. The fourth-order valence-electron chi connectivity index (χ4n) is 1.58. The van der Waals surface area contributed by atoms with E-state index in [1.165, 1.54) is 9.08 Å². The van der Waals surface area contributed by atoms with Crippen molar-refractivity contribution in [3.05, 3.63) is 34.9 Å². The van der Waals surface area contributed by atoms with E-state index >= 15 is 0 Å². The molecule has 0 aliphatic carbocycles. The Morgan fingerprint density at radius 1 is 1.47 bits per heavy atom. The zero-order valence-corrected chi connectivity index (χ0v) is 9.17. The molecule has 0 aliphatic heterocycles. The van der Waals surface area contributed by atoms with E-state index in [1.54, 1.807) is 18.3 Å². The molecule has 2 aromatic heterocycles. The number of fused-ring (bicyclic) bond motifs is 1. The van der Waals surface area contributed by atoms with E-state index in [0.717, 1.165) is 0 Å². The monoisotopic (exact) mass is 235 g/mol. The second kappa shape index (κ2) is 4.79. The molecule has 0 fully saturated rings. The first-order valence-corrected chi connectivity index (χ1v) is 5.26. The molecule has 0 saturated carbocycles. The predicted octanol–water partition coefficient (Wildman–Crippen LogP) is -0.734. The summed E-state index contributed by atoms with van der Waals surface area (Å²) in [6.45, 7) is 0.397. The summed E-state index contributed by atoms with van der Waals surface area (Å²) < 4.78 is 2.81. The van der Waals surface area contributed by atoms with Crippen molar-refractivity contribution in [2.24, 2.45) is 5.84 Å². The Balaban J connectivity index is 2.11. The van der Waals surface area contributed by atoms with Crippen molar-refractivity contribution >= 4 is 11.6 Å². The third kappa shape index (κ3) is 2.34. The van der Waals surface area contributed by atoms with E-state index in [2.05, 4.69) is 5.10 Å². The van der Waals surface area contributed by atoms with Gasteiger partial charge in [0.05, 0.1) is 0 Å². The van der Waals surface area contributed by atoms with Gasteiger partial charge in [0.1, 0.15) is 0 Å². The van der Waals surface area contributed by atoms with Crippen LogP contribution in [0.5, 0.6) is 0 Å². The molecule has 0 spiro atoms.